The van der Waals surface area contributed by atoms with E-state index in [2.05, 4.69) is 42.3 Å². The van der Waals surface area contributed by atoms with E-state index in [1.807, 2.05) is 0 Å². The molecule has 0 bridgehead atoms. The molecule has 0 radical (unpaired) electrons. The zero-order valence-electron chi connectivity index (χ0n) is 11.5. The summed E-state index contributed by atoms with van der Waals surface area (Å²) >= 11 is 1.79. The predicted octanol–water partition coefficient (Wildman–Crippen LogP) is 2.76. The standard InChI is InChI=1S/C15H24N2S/c1-15(12-16,17-9-3-4-10-17)11-13-5-7-14(18-2)8-6-13/h5-8H,3-4,9-12,16H2,1-2H3. The Kier molecular flexibility index (Phi) is 4.71. The Bertz CT molecular complexity index is 371. The average Bonchev–Trinajstić information content (AvgIpc) is 2.94. The first-order valence-corrected chi connectivity index (χ1v) is 7.98. The minimum Gasteiger partial charge on any atom is -0.329 e. The summed E-state index contributed by atoms with van der Waals surface area (Å²) in [6, 6.07) is 8.91. The van der Waals surface area contributed by atoms with Crippen LogP contribution >= 0.6 is 11.8 Å². The summed E-state index contributed by atoms with van der Waals surface area (Å²) in [6.45, 7) is 5.45. The van der Waals surface area contributed by atoms with E-state index in [-0.39, 0.29) is 5.54 Å². The van der Waals surface area contributed by atoms with Crippen LogP contribution in [0.3, 0.4) is 0 Å². The molecule has 1 heterocycles. The lowest BCUT2D eigenvalue weighted by atomic mass is 9.91. The fourth-order valence-electron chi connectivity index (χ4n) is 2.75. The van der Waals surface area contributed by atoms with E-state index in [1.165, 1.54) is 36.4 Å². The third kappa shape index (κ3) is 3.08. The van der Waals surface area contributed by atoms with E-state index in [9.17, 15) is 0 Å². The molecule has 1 aromatic rings. The number of nitrogens with zero attached hydrogens (tertiary/aromatic N) is 1. The molecule has 1 aliphatic rings. The van der Waals surface area contributed by atoms with Crippen LogP contribution in [0.1, 0.15) is 25.3 Å². The summed E-state index contributed by atoms with van der Waals surface area (Å²) in [5.41, 5.74) is 7.56. The molecule has 2 nitrogen and oxygen atoms in total. The smallest absolute Gasteiger partial charge is 0.0343 e. The van der Waals surface area contributed by atoms with Crippen LogP contribution in [-0.4, -0.2) is 36.3 Å². The Labute approximate surface area is 115 Å². The summed E-state index contributed by atoms with van der Waals surface area (Å²) < 4.78 is 0. The van der Waals surface area contributed by atoms with E-state index >= 15 is 0 Å². The molecule has 1 aromatic carbocycles. The van der Waals surface area contributed by atoms with E-state index < -0.39 is 0 Å². The summed E-state index contributed by atoms with van der Waals surface area (Å²) in [4.78, 5) is 3.89. The van der Waals surface area contributed by atoms with Gasteiger partial charge in [-0.2, -0.15) is 0 Å². The molecule has 100 valence electrons. The van der Waals surface area contributed by atoms with Crippen LogP contribution in [0.4, 0.5) is 0 Å². The van der Waals surface area contributed by atoms with E-state index in [0.29, 0.717) is 0 Å². The molecule has 2 N–H and O–H groups in total. The largest absolute Gasteiger partial charge is 0.329 e. The second-order valence-electron chi connectivity index (χ2n) is 5.42. The molecule has 0 saturated carbocycles. The first kappa shape index (κ1) is 13.9. The maximum Gasteiger partial charge on any atom is 0.0343 e. The number of rotatable bonds is 5. The molecule has 1 fully saturated rings. The van der Waals surface area contributed by atoms with E-state index in [0.717, 1.165) is 13.0 Å². The van der Waals surface area contributed by atoms with Gasteiger partial charge in [-0.15, -0.1) is 11.8 Å². The van der Waals surface area contributed by atoms with Crippen LogP contribution in [-0.2, 0) is 6.42 Å². The lowest BCUT2D eigenvalue weighted by Gasteiger charge is -2.38. The fraction of sp³-hybridized carbons (Fsp3) is 0.600. The van der Waals surface area contributed by atoms with Crippen molar-refractivity contribution in [3.05, 3.63) is 29.8 Å². The quantitative estimate of drug-likeness (QED) is 0.829. The number of benzene rings is 1. The van der Waals surface area contributed by atoms with Crippen molar-refractivity contribution in [1.29, 1.82) is 0 Å². The van der Waals surface area contributed by atoms with Gasteiger partial charge < -0.3 is 5.73 Å². The highest BCUT2D eigenvalue weighted by Crippen LogP contribution is 2.25. The molecule has 1 unspecified atom stereocenters. The van der Waals surface area contributed by atoms with Crippen molar-refractivity contribution in [2.24, 2.45) is 5.73 Å². The SMILES string of the molecule is CSc1ccc(CC(C)(CN)N2CCCC2)cc1. The predicted molar refractivity (Wildman–Crippen MR) is 80.2 cm³/mol. The maximum absolute atomic E-state index is 6.04. The van der Waals surface area contributed by atoms with Gasteiger partial charge in [0.2, 0.25) is 0 Å². The van der Waals surface area contributed by atoms with Crippen molar-refractivity contribution in [1.82, 2.24) is 4.90 Å². The summed E-state index contributed by atoms with van der Waals surface area (Å²) in [7, 11) is 0. The third-order valence-corrected chi connectivity index (χ3v) is 4.80. The summed E-state index contributed by atoms with van der Waals surface area (Å²) in [5, 5.41) is 0. The number of nitrogens with two attached hydrogens (primary N) is 1. The van der Waals surface area contributed by atoms with E-state index in [1.54, 1.807) is 11.8 Å². The van der Waals surface area contributed by atoms with Crippen molar-refractivity contribution >= 4 is 11.8 Å². The number of hydrogen-bond acceptors (Lipinski definition) is 3. The van der Waals surface area contributed by atoms with Crippen LogP contribution in [0, 0.1) is 0 Å². The Hall–Kier alpha value is -0.510. The van der Waals surface area contributed by atoms with Crippen LogP contribution < -0.4 is 5.73 Å². The molecule has 0 amide bonds. The second kappa shape index (κ2) is 6.09. The highest BCUT2D eigenvalue weighted by Gasteiger charge is 2.32. The highest BCUT2D eigenvalue weighted by molar-refractivity contribution is 7.98. The minimum atomic E-state index is 0.122. The average molecular weight is 264 g/mol. The van der Waals surface area contributed by atoms with Gasteiger partial charge in [-0.3, -0.25) is 4.90 Å². The Morgan fingerprint density at radius 3 is 2.33 bits per heavy atom. The molecule has 0 aliphatic carbocycles. The molecule has 0 aromatic heterocycles. The van der Waals surface area contributed by atoms with E-state index in [4.69, 9.17) is 5.73 Å². The van der Waals surface area contributed by atoms with Gasteiger partial charge >= 0.3 is 0 Å². The Morgan fingerprint density at radius 2 is 1.83 bits per heavy atom. The number of thioether (sulfide) groups is 1. The van der Waals surface area contributed by atoms with Crippen molar-refractivity contribution < 1.29 is 0 Å². The molecule has 1 atom stereocenters. The Morgan fingerprint density at radius 1 is 1.22 bits per heavy atom. The monoisotopic (exact) mass is 264 g/mol. The van der Waals surface area contributed by atoms with Gasteiger partial charge in [-0.25, -0.2) is 0 Å². The zero-order valence-corrected chi connectivity index (χ0v) is 12.3. The van der Waals surface area contributed by atoms with Gasteiger partial charge in [0, 0.05) is 17.0 Å². The number of hydrogen-bond donors (Lipinski definition) is 1. The first-order chi connectivity index (χ1) is 8.68. The third-order valence-electron chi connectivity index (χ3n) is 4.05. The normalized spacial score (nSPS) is 19.9. The molecule has 3 heteroatoms. The van der Waals surface area contributed by atoms with Gasteiger partial charge in [0.15, 0.2) is 0 Å². The second-order valence-corrected chi connectivity index (χ2v) is 6.30. The van der Waals surface area contributed by atoms with Gasteiger partial charge in [-0.05, 0) is 63.2 Å². The minimum absolute atomic E-state index is 0.122. The van der Waals surface area contributed by atoms with Gasteiger partial charge in [-0.1, -0.05) is 12.1 Å². The zero-order chi connectivity index (χ0) is 13.0. The van der Waals surface area contributed by atoms with Crippen molar-refractivity contribution in [3.63, 3.8) is 0 Å². The molecule has 0 spiro atoms. The highest BCUT2D eigenvalue weighted by atomic mass is 32.2. The van der Waals surface area contributed by atoms with Crippen LogP contribution in [0.25, 0.3) is 0 Å². The van der Waals surface area contributed by atoms with Crippen molar-refractivity contribution in [3.8, 4) is 0 Å². The maximum atomic E-state index is 6.04. The molecular weight excluding hydrogens is 240 g/mol. The molecular formula is C15H24N2S. The topological polar surface area (TPSA) is 29.3 Å². The van der Waals surface area contributed by atoms with Crippen LogP contribution in [0.15, 0.2) is 29.2 Å². The van der Waals surface area contributed by atoms with Crippen LogP contribution in [0.2, 0.25) is 0 Å². The number of likely N-dealkylation sites (tertiary alicyclic amines) is 1. The van der Waals surface area contributed by atoms with Crippen molar-refractivity contribution in [2.45, 2.75) is 36.6 Å². The van der Waals surface area contributed by atoms with Crippen molar-refractivity contribution in [2.75, 3.05) is 25.9 Å². The molecule has 2 rings (SSSR count). The summed E-state index contributed by atoms with van der Waals surface area (Å²) in [5.74, 6) is 0. The fourth-order valence-corrected chi connectivity index (χ4v) is 3.16. The van der Waals surface area contributed by atoms with Crippen LogP contribution in [0.5, 0.6) is 0 Å². The summed E-state index contributed by atoms with van der Waals surface area (Å²) in [6.07, 6.45) is 5.81. The Balaban J connectivity index is 2.08. The molecule has 1 aliphatic heterocycles. The lowest BCUT2D eigenvalue weighted by molar-refractivity contribution is 0.143. The first-order valence-electron chi connectivity index (χ1n) is 6.76. The lowest BCUT2D eigenvalue weighted by Crippen LogP contribution is -2.51. The molecule has 18 heavy (non-hydrogen) atoms. The van der Waals surface area contributed by atoms with Gasteiger partial charge in [0.05, 0.1) is 0 Å². The van der Waals surface area contributed by atoms with Gasteiger partial charge in [0.25, 0.3) is 0 Å². The van der Waals surface area contributed by atoms with Gasteiger partial charge in [0.1, 0.15) is 0 Å². The molecule has 1 saturated heterocycles.